The minimum absolute atomic E-state index is 0.0669. The monoisotopic (exact) mass is 269 g/mol. The van der Waals surface area contributed by atoms with Gasteiger partial charge in [-0.05, 0) is 37.8 Å². The average Bonchev–Trinajstić information content (AvgIpc) is 3.28. The van der Waals surface area contributed by atoms with Crippen LogP contribution < -0.4 is 11.1 Å². The first-order chi connectivity index (χ1) is 9.65. The Kier molecular flexibility index (Phi) is 3.40. The molecule has 1 amide bonds. The second-order valence-electron chi connectivity index (χ2n) is 5.54. The molecule has 1 aliphatic carbocycles. The van der Waals surface area contributed by atoms with Gasteiger partial charge in [-0.2, -0.15) is 0 Å². The van der Waals surface area contributed by atoms with Crippen LogP contribution in [0.1, 0.15) is 28.9 Å². The fourth-order valence-corrected chi connectivity index (χ4v) is 2.49. The van der Waals surface area contributed by atoms with E-state index in [9.17, 15) is 4.79 Å². The van der Waals surface area contributed by atoms with Crippen molar-refractivity contribution in [1.82, 2.24) is 10.3 Å². The van der Waals surface area contributed by atoms with E-state index in [2.05, 4.69) is 10.3 Å². The maximum Gasteiger partial charge on any atom is 0.252 e. The third-order valence-corrected chi connectivity index (χ3v) is 3.81. The first-order valence-corrected chi connectivity index (χ1v) is 7.05. The van der Waals surface area contributed by atoms with Crippen LogP contribution in [0.15, 0.2) is 30.3 Å². The van der Waals surface area contributed by atoms with Crippen LogP contribution >= 0.6 is 0 Å². The zero-order valence-corrected chi connectivity index (χ0v) is 11.6. The van der Waals surface area contributed by atoms with Gasteiger partial charge in [0.1, 0.15) is 0 Å². The molecule has 104 valence electrons. The molecule has 4 heteroatoms. The van der Waals surface area contributed by atoms with Gasteiger partial charge in [0.05, 0.1) is 11.1 Å². The van der Waals surface area contributed by atoms with Crippen LogP contribution in [0, 0.1) is 12.8 Å². The highest BCUT2D eigenvalue weighted by Crippen LogP contribution is 2.31. The molecule has 1 aromatic heterocycles. The average molecular weight is 269 g/mol. The Balaban J connectivity index is 1.83. The Morgan fingerprint density at radius 3 is 2.95 bits per heavy atom. The van der Waals surface area contributed by atoms with Gasteiger partial charge >= 0.3 is 0 Å². The lowest BCUT2D eigenvalue weighted by Crippen LogP contribution is -2.38. The van der Waals surface area contributed by atoms with Crippen molar-refractivity contribution in [3.63, 3.8) is 0 Å². The molecular formula is C16H19N3O. The van der Waals surface area contributed by atoms with E-state index in [0.29, 0.717) is 18.0 Å². The Morgan fingerprint density at radius 1 is 1.45 bits per heavy atom. The van der Waals surface area contributed by atoms with Crippen molar-refractivity contribution in [2.24, 2.45) is 11.7 Å². The third kappa shape index (κ3) is 2.65. The van der Waals surface area contributed by atoms with Crippen molar-refractivity contribution in [2.45, 2.75) is 25.8 Å². The van der Waals surface area contributed by atoms with Gasteiger partial charge in [0.2, 0.25) is 0 Å². The van der Waals surface area contributed by atoms with Gasteiger partial charge in [0.15, 0.2) is 0 Å². The number of fused-ring (bicyclic) bond motifs is 1. The summed E-state index contributed by atoms with van der Waals surface area (Å²) in [5.74, 6) is 0.522. The molecule has 1 saturated carbocycles. The Morgan fingerprint density at radius 2 is 2.20 bits per heavy atom. The molecule has 3 N–H and O–H groups in total. The number of hydrogen-bond acceptors (Lipinski definition) is 3. The van der Waals surface area contributed by atoms with Crippen LogP contribution in [0.5, 0.6) is 0 Å². The van der Waals surface area contributed by atoms with Crippen molar-refractivity contribution >= 4 is 16.8 Å². The molecule has 0 aliphatic heterocycles. The maximum atomic E-state index is 12.4. The molecule has 1 atom stereocenters. The van der Waals surface area contributed by atoms with Crippen LogP contribution in [0.4, 0.5) is 0 Å². The SMILES string of the molecule is Cc1cc(C(=O)NCC(N)C2CC2)c2ccccc2n1. The van der Waals surface area contributed by atoms with Gasteiger partial charge in [-0.15, -0.1) is 0 Å². The molecule has 1 unspecified atom stereocenters. The third-order valence-electron chi connectivity index (χ3n) is 3.81. The number of amides is 1. The molecule has 2 aromatic rings. The van der Waals surface area contributed by atoms with Crippen LogP contribution in [0.2, 0.25) is 0 Å². The highest BCUT2D eigenvalue weighted by atomic mass is 16.1. The van der Waals surface area contributed by atoms with E-state index in [1.54, 1.807) is 0 Å². The van der Waals surface area contributed by atoms with Crippen molar-refractivity contribution < 1.29 is 4.79 Å². The lowest BCUT2D eigenvalue weighted by molar-refractivity contribution is 0.0952. The van der Waals surface area contributed by atoms with Gasteiger partial charge in [0.25, 0.3) is 5.91 Å². The molecule has 20 heavy (non-hydrogen) atoms. The Labute approximate surface area is 118 Å². The molecule has 0 bridgehead atoms. The van der Waals surface area contributed by atoms with Crippen LogP contribution in [0.3, 0.4) is 0 Å². The van der Waals surface area contributed by atoms with Gasteiger partial charge in [-0.3, -0.25) is 9.78 Å². The van der Waals surface area contributed by atoms with Crippen LogP contribution in [0.25, 0.3) is 10.9 Å². The lowest BCUT2D eigenvalue weighted by atomic mass is 10.1. The van der Waals surface area contributed by atoms with E-state index >= 15 is 0 Å². The summed E-state index contributed by atoms with van der Waals surface area (Å²) in [6.45, 7) is 2.44. The number of aryl methyl sites for hydroxylation is 1. The molecule has 0 spiro atoms. The summed E-state index contributed by atoms with van der Waals surface area (Å²) in [6, 6.07) is 9.62. The Bertz CT molecular complexity index is 649. The van der Waals surface area contributed by atoms with E-state index in [0.717, 1.165) is 16.6 Å². The Hall–Kier alpha value is -1.94. The van der Waals surface area contributed by atoms with Gasteiger partial charge < -0.3 is 11.1 Å². The molecule has 4 nitrogen and oxygen atoms in total. The first kappa shape index (κ1) is 13.1. The minimum atomic E-state index is -0.0669. The predicted molar refractivity (Wildman–Crippen MR) is 79.5 cm³/mol. The van der Waals surface area contributed by atoms with Crippen LogP contribution in [-0.4, -0.2) is 23.5 Å². The topological polar surface area (TPSA) is 68.0 Å². The first-order valence-electron chi connectivity index (χ1n) is 7.05. The van der Waals surface area contributed by atoms with E-state index in [1.807, 2.05) is 37.3 Å². The largest absolute Gasteiger partial charge is 0.350 e. The summed E-state index contributed by atoms with van der Waals surface area (Å²) < 4.78 is 0. The van der Waals surface area contributed by atoms with Crippen LogP contribution in [-0.2, 0) is 0 Å². The minimum Gasteiger partial charge on any atom is -0.350 e. The summed E-state index contributed by atoms with van der Waals surface area (Å²) in [6.07, 6.45) is 2.38. The molecular weight excluding hydrogens is 250 g/mol. The van der Waals surface area contributed by atoms with E-state index in [-0.39, 0.29) is 11.9 Å². The standard InChI is InChI=1S/C16H19N3O/c1-10-8-13(12-4-2-3-5-15(12)19-10)16(20)18-9-14(17)11-6-7-11/h2-5,8,11,14H,6-7,9,17H2,1H3,(H,18,20). The van der Waals surface area contributed by atoms with E-state index < -0.39 is 0 Å². The van der Waals surface area contributed by atoms with E-state index in [1.165, 1.54) is 12.8 Å². The summed E-state index contributed by atoms with van der Waals surface area (Å²) in [7, 11) is 0. The second-order valence-corrected chi connectivity index (χ2v) is 5.54. The summed E-state index contributed by atoms with van der Waals surface area (Å²) in [5, 5.41) is 3.83. The van der Waals surface area contributed by atoms with Crippen molar-refractivity contribution in [2.75, 3.05) is 6.54 Å². The number of pyridine rings is 1. The molecule has 3 rings (SSSR count). The fraction of sp³-hybridized carbons (Fsp3) is 0.375. The second kappa shape index (κ2) is 5.21. The molecule has 1 aromatic carbocycles. The number of nitrogens with one attached hydrogen (secondary N) is 1. The van der Waals surface area contributed by atoms with Gasteiger partial charge in [0, 0.05) is 23.7 Å². The molecule has 1 heterocycles. The van der Waals surface area contributed by atoms with Crippen molar-refractivity contribution in [1.29, 1.82) is 0 Å². The summed E-state index contributed by atoms with van der Waals surface area (Å²) >= 11 is 0. The number of rotatable bonds is 4. The number of para-hydroxylation sites is 1. The van der Waals surface area contributed by atoms with Crippen molar-refractivity contribution in [3.8, 4) is 0 Å². The highest BCUT2D eigenvalue weighted by Gasteiger charge is 2.28. The predicted octanol–water partition coefficient (Wildman–Crippen LogP) is 2.01. The summed E-state index contributed by atoms with van der Waals surface area (Å²) in [4.78, 5) is 16.8. The lowest BCUT2D eigenvalue weighted by Gasteiger charge is -2.13. The molecule has 0 radical (unpaired) electrons. The number of aromatic nitrogens is 1. The number of carbonyl (C=O) groups excluding carboxylic acids is 1. The number of hydrogen-bond donors (Lipinski definition) is 2. The molecule has 1 aliphatic rings. The van der Waals surface area contributed by atoms with Crippen molar-refractivity contribution in [3.05, 3.63) is 41.6 Å². The fourth-order valence-electron chi connectivity index (χ4n) is 2.49. The zero-order chi connectivity index (χ0) is 14.1. The highest BCUT2D eigenvalue weighted by molar-refractivity contribution is 6.06. The molecule has 1 fully saturated rings. The number of nitrogens with zero attached hydrogens (tertiary/aromatic N) is 1. The number of nitrogens with two attached hydrogens (primary N) is 1. The normalized spacial score (nSPS) is 16.1. The molecule has 0 saturated heterocycles. The van der Waals surface area contributed by atoms with E-state index in [4.69, 9.17) is 5.73 Å². The van der Waals surface area contributed by atoms with Gasteiger partial charge in [-0.25, -0.2) is 0 Å². The van der Waals surface area contributed by atoms with Gasteiger partial charge in [-0.1, -0.05) is 18.2 Å². The summed E-state index contributed by atoms with van der Waals surface area (Å²) in [5.41, 5.74) is 8.40. The smallest absolute Gasteiger partial charge is 0.252 e. The number of benzene rings is 1. The maximum absolute atomic E-state index is 12.4. The zero-order valence-electron chi connectivity index (χ0n) is 11.6. The quantitative estimate of drug-likeness (QED) is 0.892. The number of carbonyl (C=O) groups is 1.